The normalized spacial score (nSPS) is 21.1. The maximum absolute atomic E-state index is 13.6. The SMILES string of the molecule is O=C(CCNC1CCN(c2cccc(C3Cc4cc(F)ccc4N3)c2)CC1)N1CCCCC1. The van der Waals surface area contributed by atoms with Gasteiger partial charge in [0.05, 0.1) is 6.04 Å². The summed E-state index contributed by atoms with van der Waals surface area (Å²) < 4.78 is 13.6. The zero-order valence-electron chi connectivity index (χ0n) is 19.4. The lowest BCUT2D eigenvalue weighted by molar-refractivity contribution is -0.132. The van der Waals surface area contributed by atoms with Gasteiger partial charge in [-0.15, -0.1) is 0 Å². The van der Waals surface area contributed by atoms with Crippen molar-refractivity contribution < 1.29 is 9.18 Å². The quantitative estimate of drug-likeness (QED) is 0.681. The second-order valence-corrected chi connectivity index (χ2v) is 9.70. The Balaban J connectivity index is 1.09. The van der Waals surface area contributed by atoms with Gasteiger partial charge in [-0.05, 0) is 80.0 Å². The number of piperidine rings is 2. The third-order valence-corrected chi connectivity index (χ3v) is 7.43. The van der Waals surface area contributed by atoms with Crippen molar-refractivity contribution in [1.29, 1.82) is 0 Å². The monoisotopic (exact) mass is 450 g/mol. The number of halogens is 1. The van der Waals surface area contributed by atoms with Gasteiger partial charge in [-0.1, -0.05) is 12.1 Å². The van der Waals surface area contributed by atoms with Gasteiger partial charge < -0.3 is 20.4 Å². The lowest BCUT2D eigenvalue weighted by Gasteiger charge is -2.34. The summed E-state index contributed by atoms with van der Waals surface area (Å²) in [6.45, 7) is 4.70. The lowest BCUT2D eigenvalue weighted by atomic mass is 10.0. The van der Waals surface area contributed by atoms with Crippen molar-refractivity contribution in [3.05, 3.63) is 59.4 Å². The average Bonchev–Trinajstić information content (AvgIpc) is 3.28. The van der Waals surface area contributed by atoms with Crippen molar-refractivity contribution in [2.45, 2.75) is 57.0 Å². The molecule has 3 heterocycles. The highest BCUT2D eigenvalue weighted by Crippen LogP contribution is 2.35. The third-order valence-electron chi connectivity index (χ3n) is 7.43. The van der Waals surface area contributed by atoms with E-state index in [1.165, 1.54) is 23.7 Å². The first-order valence-corrected chi connectivity index (χ1v) is 12.6. The molecule has 2 aromatic rings. The number of carbonyl (C=O) groups is 1. The minimum atomic E-state index is -0.169. The van der Waals surface area contributed by atoms with Crippen molar-refractivity contribution in [3.63, 3.8) is 0 Å². The van der Waals surface area contributed by atoms with E-state index in [2.05, 4.69) is 39.8 Å². The van der Waals surface area contributed by atoms with Gasteiger partial charge in [0.2, 0.25) is 5.91 Å². The molecular weight excluding hydrogens is 415 g/mol. The van der Waals surface area contributed by atoms with Gasteiger partial charge in [-0.2, -0.15) is 0 Å². The number of carbonyl (C=O) groups excluding carboxylic acids is 1. The number of likely N-dealkylation sites (tertiary alicyclic amines) is 1. The molecule has 1 unspecified atom stereocenters. The molecule has 0 spiro atoms. The number of fused-ring (bicyclic) bond motifs is 1. The van der Waals surface area contributed by atoms with E-state index in [0.29, 0.717) is 18.4 Å². The Hall–Kier alpha value is -2.60. The van der Waals surface area contributed by atoms with Gasteiger partial charge in [-0.3, -0.25) is 4.79 Å². The lowest BCUT2D eigenvalue weighted by Crippen LogP contribution is -2.44. The highest BCUT2D eigenvalue weighted by atomic mass is 19.1. The predicted octanol–water partition coefficient (Wildman–Crippen LogP) is 4.50. The topological polar surface area (TPSA) is 47.6 Å². The fraction of sp³-hybridized carbons (Fsp3) is 0.519. The van der Waals surface area contributed by atoms with Crippen LogP contribution in [0, 0.1) is 5.82 Å². The minimum absolute atomic E-state index is 0.169. The van der Waals surface area contributed by atoms with Crippen LogP contribution in [0.5, 0.6) is 0 Å². The maximum Gasteiger partial charge on any atom is 0.223 e. The Morgan fingerprint density at radius 1 is 1.03 bits per heavy atom. The Morgan fingerprint density at radius 2 is 1.85 bits per heavy atom. The molecule has 1 atom stereocenters. The van der Waals surface area contributed by atoms with E-state index < -0.39 is 0 Å². The van der Waals surface area contributed by atoms with Crippen LogP contribution in [0.3, 0.4) is 0 Å². The van der Waals surface area contributed by atoms with Crippen LogP contribution in [0.1, 0.15) is 55.7 Å². The zero-order valence-corrected chi connectivity index (χ0v) is 19.4. The van der Waals surface area contributed by atoms with Crippen molar-refractivity contribution in [3.8, 4) is 0 Å². The highest BCUT2D eigenvalue weighted by molar-refractivity contribution is 5.76. The molecule has 6 heteroatoms. The predicted molar refractivity (Wildman–Crippen MR) is 131 cm³/mol. The number of hydrogen-bond donors (Lipinski definition) is 2. The van der Waals surface area contributed by atoms with Crippen molar-refractivity contribution in [2.75, 3.05) is 42.9 Å². The highest BCUT2D eigenvalue weighted by Gasteiger charge is 2.24. The molecule has 0 aromatic heterocycles. The van der Waals surface area contributed by atoms with Crippen LogP contribution >= 0.6 is 0 Å². The Labute approximate surface area is 196 Å². The molecule has 0 bridgehead atoms. The summed E-state index contributed by atoms with van der Waals surface area (Å²) in [6, 6.07) is 14.5. The summed E-state index contributed by atoms with van der Waals surface area (Å²) in [5.74, 6) is 0.138. The summed E-state index contributed by atoms with van der Waals surface area (Å²) in [5, 5.41) is 7.16. The molecule has 5 nitrogen and oxygen atoms in total. The van der Waals surface area contributed by atoms with Crippen LogP contribution in [0.2, 0.25) is 0 Å². The fourth-order valence-corrected chi connectivity index (χ4v) is 5.50. The Morgan fingerprint density at radius 3 is 2.67 bits per heavy atom. The second kappa shape index (κ2) is 10.1. The van der Waals surface area contributed by atoms with Crippen molar-refractivity contribution >= 4 is 17.3 Å². The summed E-state index contributed by atoms with van der Waals surface area (Å²) in [5.41, 5.74) is 4.60. The Kier molecular flexibility index (Phi) is 6.81. The first-order chi connectivity index (χ1) is 16.2. The Bertz CT molecular complexity index is 966. The maximum atomic E-state index is 13.6. The third kappa shape index (κ3) is 5.32. The molecule has 0 radical (unpaired) electrons. The van der Waals surface area contributed by atoms with Gasteiger partial charge in [0.15, 0.2) is 0 Å². The first kappa shape index (κ1) is 22.2. The zero-order chi connectivity index (χ0) is 22.6. The summed E-state index contributed by atoms with van der Waals surface area (Å²) in [7, 11) is 0. The van der Waals surface area contributed by atoms with Gasteiger partial charge >= 0.3 is 0 Å². The van der Waals surface area contributed by atoms with E-state index in [-0.39, 0.29) is 11.9 Å². The molecule has 176 valence electrons. The minimum Gasteiger partial charge on any atom is -0.378 e. The van der Waals surface area contributed by atoms with Crippen molar-refractivity contribution in [1.82, 2.24) is 10.2 Å². The molecular formula is C27H35FN4O. The second-order valence-electron chi connectivity index (χ2n) is 9.70. The van der Waals surface area contributed by atoms with Crippen LogP contribution in [-0.4, -0.2) is 49.6 Å². The number of hydrogen-bond acceptors (Lipinski definition) is 4. The van der Waals surface area contributed by atoms with Crippen LogP contribution in [-0.2, 0) is 11.2 Å². The van der Waals surface area contributed by atoms with Gasteiger partial charge in [-0.25, -0.2) is 4.39 Å². The van der Waals surface area contributed by atoms with Gasteiger partial charge in [0, 0.05) is 56.6 Å². The molecule has 2 N–H and O–H groups in total. The molecule has 2 fully saturated rings. The van der Waals surface area contributed by atoms with E-state index in [1.807, 2.05) is 11.0 Å². The van der Waals surface area contributed by atoms with Gasteiger partial charge in [0.1, 0.15) is 5.82 Å². The summed E-state index contributed by atoms with van der Waals surface area (Å²) in [6.07, 6.45) is 7.18. The number of rotatable bonds is 6. The van der Waals surface area contributed by atoms with E-state index in [1.54, 1.807) is 6.07 Å². The van der Waals surface area contributed by atoms with E-state index >= 15 is 0 Å². The van der Waals surface area contributed by atoms with Crippen LogP contribution in [0.15, 0.2) is 42.5 Å². The van der Waals surface area contributed by atoms with E-state index in [4.69, 9.17) is 0 Å². The van der Waals surface area contributed by atoms with E-state index in [0.717, 1.165) is 76.1 Å². The molecule has 0 aliphatic carbocycles. The van der Waals surface area contributed by atoms with Crippen LogP contribution in [0.25, 0.3) is 0 Å². The average molecular weight is 451 g/mol. The summed E-state index contributed by atoms with van der Waals surface area (Å²) in [4.78, 5) is 16.9. The molecule has 2 saturated heterocycles. The fourth-order valence-electron chi connectivity index (χ4n) is 5.50. The number of anilines is 2. The standard InChI is InChI=1S/C27H35FN4O/c28-22-7-8-25-21(17-22)19-26(30-25)20-5-4-6-24(18-20)31-15-10-23(11-16-31)29-12-9-27(33)32-13-2-1-3-14-32/h4-8,17-18,23,26,29-30H,1-3,9-16,19H2. The molecule has 1 amide bonds. The van der Waals surface area contributed by atoms with Crippen LogP contribution < -0.4 is 15.5 Å². The molecule has 0 saturated carbocycles. The van der Waals surface area contributed by atoms with E-state index in [9.17, 15) is 9.18 Å². The van der Waals surface area contributed by atoms with Crippen molar-refractivity contribution in [2.24, 2.45) is 0 Å². The summed E-state index contributed by atoms with van der Waals surface area (Å²) >= 11 is 0. The number of nitrogens with one attached hydrogen (secondary N) is 2. The molecule has 33 heavy (non-hydrogen) atoms. The number of amides is 1. The number of benzene rings is 2. The number of nitrogens with zero attached hydrogens (tertiary/aromatic N) is 2. The molecule has 3 aliphatic heterocycles. The van der Waals surface area contributed by atoms with Crippen LogP contribution in [0.4, 0.5) is 15.8 Å². The largest absolute Gasteiger partial charge is 0.378 e. The first-order valence-electron chi connectivity index (χ1n) is 12.6. The molecule has 5 rings (SSSR count). The molecule has 3 aliphatic rings. The van der Waals surface area contributed by atoms with Gasteiger partial charge in [0.25, 0.3) is 0 Å². The smallest absolute Gasteiger partial charge is 0.223 e. The molecule has 2 aromatic carbocycles.